The molecule has 0 bridgehead atoms. The Kier molecular flexibility index (Phi) is 13.9. The molecule has 88 valence electrons. The van der Waals surface area contributed by atoms with Crippen LogP contribution in [0.4, 0.5) is 4.79 Å². The van der Waals surface area contributed by atoms with Gasteiger partial charge in [-0.25, -0.2) is 0 Å². The van der Waals surface area contributed by atoms with E-state index in [1.165, 1.54) is 18.5 Å². The molecule has 1 fully saturated rings. The molecule has 0 aliphatic carbocycles. The number of nitrogens with zero attached hydrogens (tertiary/aromatic N) is 1. The second-order valence-corrected chi connectivity index (χ2v) is 5.85. The van der Waals surface area contributed by atoms with Crippen molar-refractivity contribution in [1.82, 2.24) is 0 Å². The molecule has 1 aliphatic rings. The number of carbonyl (C=O) groups excluding carboxylic acids is 1. The summed E-state index contributed by atoms with van der Waals surface area (Å²) in [5.41, 5.74) is 0. The summed E-state index contributed by atoms with van der Waals surface area (Å²) in [6.07, 6.45) is 3.84. The van der Waals surface area contributed by atoms with Gasteiger partial charge in [-0.1, -0.05) is 27.3 Å². The zero-order chi connectivity index (χ0) is 10.1. The maximum Gasteiger partial charge on any atom is 1.00 e. The molecule has 1 aliphatic heterocycles. The fraction of sp³-hybridized carbons (Fsp3) is 0.889. The summed E-state index contributed by atoms with van der Waals surface area (Å²) in [5, 5.41) is 3.38. The number of hydrogen-bond acceptors (Lipinski definition) is 2. The van der Waals surface area contributed by atoms with Gasteiger partial charge in [-0.15, -0.1) is 7.92 Å². The van der Waals surface area contributed by atoms with Crippen molar-refractivity contribution in [1.29, 1.82) is 0 Å². The first-order valence-corrected chi connectivity index (χ1v) is 6.70. The average molecular weight is 401 g/mol. The van der Waals surface area contributed by atoms with Crippen LogP contribution >= 0.6 is 7.92 Å². The van der Waals surface area contributed by atoms with Crippen LogP contribution in [0.1, 0.15) is 20.8 Å². The molecule has 1 heterocycles. The molecule has 0 radical (unpaired) electrons. The molecule has 1 saturated heterocycles. The van der Waals surface area contributed by atoms with Gasteiger partial charge in [0.15, 0.2) is 0 Å². The Labute approximate surface area is 104 Å². The summed E-state index contributed by atoms with van der Waals surface area (Å²) < 4.78 is 4.35. The van der Waals surface area contributed by atoms with Crippen LogP contribution in [-0.4, -0.2) is 37.7 Å². The first kappa shape index (κ1) is 16.9. The van der Waals surface area contributed by atoms with E-state index in [9.17, 15) is 4.79 Å². The standard InChI is InChI=1S/C6H15P.C3H5NO2.Au/c1-4-7(5-2)6-3;5-3-4-1-2-6-3;/h4-6H2,1-3H3;1-2H2,(H,4,5);/q;;+1/p-1. The number of ether oxygens (including phenoxy) is 1. The molecule has 1 rings (SSSR count). The van der Waals surface area contributed by atoms with Crippen LogP contribution in [0.2, 0.25) is 0 Å². The fourth-order valence-corrected chi connectivity index (χ4v) is 2.33. The van der Waals surface area contributed by atoms with E-state index >= 15 is 0 Å². The van der Waals surface area contributed by atoms with Crippen LogP contribution in [0.25, 0.3) is 5.32 Å². The van der Waals surface area contributed by atoms with Crippen molar-refractivity contribution >= 4 is 14.0 Å². The fourth-order valence-electron chi connectivity index (χ4n) is 0.986. The summed E-state index contributed by atoms with van der Waals surface area (Å²) in [6.45, 7) is 7.88. The molecule has 14 heavy (non-hydrogen) atoms. The zero-order valence-corrected chi connectivity index (χ0v) is 12.1. The van der Waals surface area contributed by atoms with Crippen LogP contribution in [0, 0.1) is 0 Å². The molecule has 3 nitrogen and oxygen atoms in total. The minimum absolute atomic E-state index is 0. The van der Waals surface area contributed by atoms with Crippen LogP contribution in [0.3, 0.4) is 0 Å². The van der Waals surface area contributed by atoms with Gasteiger partial charge in [0, 0.05) is 0 Å². The largest absolute Gasteiger partial charge is 1.00 e. The Hall–Kier alpha value is 0.440. The van der Waals surface area contributed by atoms with Crippen LogP contribution < -0.4 is 0 Å². The molecule has 0 unspecified atom stereocenters. The van der Waals surface area contributed by atoms with E-state index < -0.39 is 6.09 Å². The summed E-state index contributed by atoms with van der Waals surface area (Å²) >= 11 is 0. The Bertz CT molecular complexity index is 129. The molecule has 0 aromatic heterocycles. The second-order valence-electron chi connectivity index (χ2n) is 2.62. The van der Waals surface area contributed by atoms with Gasteiger partial charge in [0.1, 0.15) is 0 Å². The van der Waals surface area contributed by atoms with Crippen molar-refractivity contribution in [2.75, 3.05) is 31.6 Å². The summed E-state index contributed by atoms with van der Waals surface area (Å²) in [6, 6.07) is 0. The minimum atomic E-state index is -0.421. The third-order valence-corrected chi connectivity index (χ3v) is 4.58. The molecule has 0 aromatic carbocycles. The van der Waals surface area contributed by atoms with E-state index in [0.29, 0.717) is 21.1 Å². The Morgan fingerprint density at radius 1 is 1.29 bits per heavy atom. The number of hydrogen-bond donors (Lipinski definition) is 0. The van der Waals surface area contributed by atoms with Crippen molar-refractivity contribution in [2.24, 2.45) is 0 Å². The van der Waals surface area contributed by atoms with Gasteiger partial charge in [0.2, 0.25) is 6.09 Å². The molecule has 1 amide bonds. The van der Waals surface area contributed by atoms with Crippen molar-refractivity contribution in [3.8, 4) is 0 Å². The van der Waals surface area contributed by atoms with E-state index in [-0.39, 0.29) is 22.4 Å². The quantitative estimate of drug-likeness (QED) is 0.539. The van der Waals surface area contributed by atoms with E-state index in [2.05, 4.69) is 30.8 Å². The molecule has 0 aromatic rings. The molecular formula is C9H19AuNO2P. The van der Waals surface area contributed by atoms with E-state index in [4.69, 9.17) is 0 Å². The van der Waals surface area contributed by atoms with Gasteiger partial charge in [-0.3, -0.25) is 4.79 Å². The third kappa shape index (κ3) is 9.01. The molecule has 0 spiro atoms. The predicted octanol–water partition coefficient (Wildman–Crippen LogP) is 3.04. The van der Waals surface area contributed by atoms with Gasteiger partial charge < -0.3 is 10.1 Å². The van der Waals surface area contributed by atoms with Gasteiger partial charge >= 0.3 is 22.4 Å². The van der Waals surface area contributed by atoms with Crippen LogP contribution in [0.5, 0.6) is 0 Å². The molecule has 0 atom stereocenters. The normalized spacial score (nSPS) is 13.6. The van der Waals surface area contributed by atoms with E-state index in [1.807, 2.05) is 0 Å². The summed E-state index contributed by atoms with van der Waals surface area (Å²) in [4.78, 5) is 9.85. The monoisotopic (exact) mass is 401 g/mol. The van der Waals surface area contributed by atoms with E-state index in [1.54, 1.807) is 0 Å². The van der Waals surface area contributed by atoms with Gasteiger partial charge in [-0.2, -0.15) is 0 Å². The van der Waals surface area contributed by atoms with Crippen LogP contribution in [0.15, 0.2) is 0 Å². The second kappa shape index (κ2) is 11.5. The molecule has 5 heteroatoms. The number of amides is 1. The maximum absolute atomic E-state index is 9.85. The first-order chi connectivity index (χ1) is 6.24. The predicted molar refractivity (Wildman–Crippen MR) is 58.1 cm³/mol. The summed E-state index contributed by atoms with van der Waals surface area (Å²) in [7, 11) is 0.446. The minimum Gasteiger partial charge on any atom is -0.615 e. The van der Waals surface area contributed by atoms with Crippen molar-refractivity contribution in [3.63, 3.8) is 0 Å². The zero-order valence-electron chi connectivity index (χ0n) is 9.05. The Balaban J connectivity index is 0. The third-order valence-electron chi connectivity index (χ3n) is 1.90. The average Bonchev–Trinajstić information content (AvgIpc) is 2.60. The number of carbonyl (C=O) groups is 1. The molecular weight excluding hydrogens is 382 g/mol. The Morgan fingerprint density at radius 2 is 1.79 bits per heavy atom. The molecule has 0 N–H and O–H groups in total. The number of cyclic esters (lactones) is 1. The maximum atomic E-state index is 9.85. The van der Waals surface area contributed by atoms with Crippen LogP contribution in [-0.2, 0) is 27.1 Å². The Morgan fingerprint density at radius 3 is 1.86 bits per heavy atom. The summed E-state index contributed by atoms with van der Waals surface area (Å²) in [5.74, 6) is 0. The van der Waals surface area contributed by atoms with Crippen molar-refractivity contribution < 1.29 is 31.9 Å². The SMILES string of the molecule is CCP(CC)CC.O=C1[N-]CCO1.[Au+]. The van der Waals surface area contributed by atoms with E-state index in [0.717, 1.165) is 0 Å². The molecule has 0 saturated carbocycles. The topological polar surface area (TPSA) is 40.4 Å². The number of rotatable bonds is 3. The smallest absolute Gasteiger partial charge is 0.615 e. The van der Waals surface area contributed by atoms with Gasteiger partial charge in [0.05, 0.1) is 6.61 Å². The first-order valence-electron chi connectivity index (χ1n) is 4.81. The van der Waals surface area contributed by atoms with Gasteiger partial charge in [0.25, 0.3) is 0 Å². The van der Waals surface area contributed by atoms with Crippen molar-refractivity contribution in [3.05, 3.63) is 5.32 Å². The van der Waals surface area contributed by atoms with Crippen molar-refractivity contribution in [2.45, 2.75) is 20.8 Å². The van der Waals surface area contributed by atoms with Gasteiger partial charge in [-0.05, 0) is 18.5 Å².